The molecule has 1 fully saturated rings. The van der Waals surface area contributed by atoms with Gasteiger partial charge in [0.05, 0.1) is 11.0 Å². The number of amides is 2. The molecule has 1 heterocycles. The van der Waals surface area contributed by atoms with E-state index in [2.05, 4.69) is 5.32 Å². The van der Waals surface area contributed by atoms with E-state index in [0.717, 1.165) is 12.0 Å². The Bertz CT molecular complexity index is 823. The Labute approximate surface area is 150 Å². The zero-order chi connectivity index (χ0) is 18.5. The van der Waals surface area contributed by atoms with Gasteiger partial charge < -0.3 is 10.2 Å². The van der Waals surface area contributed by atoms with Gasteiger partial charge in [-0.15, -0.1) is 0 Å². The maximum atomic E-state index is 12.6. The summed E-state index contributed by atoms with van der Waals surface area (Å²) in [6, 6.07) is 14.6. The average molecular weight is 353 g/mol. The summed E-state index contributed by atoms with van der Waals surface area (Å²) in [6.45, 7) is 1.05. The van der Waals surface area contributed by atoms with Crippen LogP contribution in [0.4, 0.5) is 5.69 Å². The molecule has 0 saturated carbocycles. The molecular weight excluding hydrogens is 334 g/mol. The van der Waals surface area contributed by atoms with Crippen LogP contribution in [0.25, 0.3) is 0 Å². The van der Waals surface area contributed by atoms with Crippen LogP contribution in [0.5, 0.6) is 0 Å². The van der Waals surface area contributed by atoms with Gasteiger partial charge in [-0.3, -0.25) is 19.7 Å². The minimum atomic E-state index is -0.533. The molecule has 7 nitrogen and oxygen atoms in total. The average Bonchev–Trinajstić information content (AvgIpc) is 3.06. The predicted octanol–water partition coefficient (Wildman–Crippen LogP) is 2.69. The van der Waals surface area contributed by atoms with Crippen molar-refractivity contribution in [2.24, 2.45) is 0 Å². The van der Waals surface area contributed by atoms with Crippen molar-refractivity contribution in [1.29, 1.82) is 0 Å². The van der Waals surface area contributed by atoms with Crippen LogP contribution >= 0.6 is 0 Å². The smallest absolute Gasteiger partial charge is 0.270 e. The van der Waals surface area contributed by atoms with Gasteiger partial charge in [0.25, 0.3) is 11.6 Å². The highest BCUT2D eigenvalue weighted by atomic mass is 16.6. The zero-order valence-corrected chi connectivity index (χ0v) is 14.1. The molecule has 1 saturated heterocycles. The molecule has 1 N–H and O–H groups in total. The molecule has 134 valence electrons. The topological polar surface area (TPSA) is 92.6 Å². The first-order valence-electron chi connectivity index (χ1n) is 8.42. The second-order valence-electron chi connectivity index (χ2n) is 6.19. The van der Waals surface area contributed by atoms with E-state index in [4.69, 9.17) is 0 Å². The quantitative estimate of drug-likeness (QED) is 0.638. The first-order valence-corrected chi connectivity index (χ1v) is 8.42. The third-order valence-corrected chi connectivity index (χ3v) is 4.40. The third-order valence-electron chi connectivity index (χ3n) is 4.40. The fraction of sp³-hybridized carbons (Fsp3) is 0.263. The van der Waals surface area contributed by atoms with E-state index in [1.165, 1.54) is 24.3 Å². The third kappa shape index (κ3) is 4.05. The second-order valence-corrected chi connectivity index (χ2v) is 6.19. The molecule has 7 heteroatoms. The molecule has 0 bridgehead atoms. The molecule has 1 aliphatic rings. The number of nitro benzene ring substituents is 1. The summed E-state index contributed by atoms with van der Waals surface area (Å²) in [5.74, 6) is -0.329. The maximum Gasteiger partial charge on any atom is 0.270 e. The first-order chi connectivity index (χ1) is 12.5. The Morgan fingerprint density at radius 2 is 1.96 bits per heavy atom. The van der Waals surface area contributed by atoms with Crippen LogP contribution in [-0.4, -0.2) is 34.7 Å². The van der Waals surface area contributed by atoms with E-state index in [1.807, 2.05) is 30.3 Å². The Morgan fingerprint density at radius 1 is 1.19 bits per heavy atom. The van der Waals surface area contributed by atoms with Crippen molar-refractivity contribution in [1.82, 2.24) is 10.2 Å². The van der Waals surface area contributed by atoms with Crippen LogP contribution < -0.4 is 5.32 Å². The van der Waals surface area contributed by atoms with E-state index in [-0.39, 0.29) is 23.2 Å². The molecule has 0 spiro atoms. The molecule has 26 heavy (non-hydrogen) atoms. The van der Waals surface area contributed by atoms with Gasteiger partial charge in [-0.05, 0) is 18.1 Å². The highest BCUT2D eigenvalue weighted by molar-refractivity contribution is 5.95. The molecular formula is C19H19N3O4. The van der Waals surface area contributed by atoms with Crippen molar-refractivity contribution >= 4 is 17.5 Å². The van der Waals surface area contributed by atoms with E-state index in [1.54, 1.807) is 4.90 Å². The standard InChI is InChI=1S/C19H19N3O4/c23-18-10-5-11-21(18)13-17(14-6-2-1-3-7-14)20-19(24)15-8-4-9-16(12-15)22(25)26/h1-4,6-9,12,17H,5,10-11,13H2,(H,20,24)/t17-/m0/s1. The number of carbonyl (C=O) groups is 2. The zero-order valence-electron chi connectivity index (χ0n) is 14.1. The SMILES string of the molecule is O=C(N[C@@H](CN1CCCC1=O)c1ccccc1)c1cccc([N+](=O)[O-])c1. The van der Waals surface area contributed by atoms with E-state index in [0.29, 0.717) is 19.5 Å². The highest BCUT2D eigenvalue weighted by Gasteiger charge is 2.25. The summed E-state index contributed by atoms with van der Waals surface area (Å²) < 4.78 is 0. The summed E-state index contributed by atoms with van der Waals surface area (Å²) in [4.78, 5) is 36.7. The highest BCUT2D eigenvalue weighted by Crippen LogP contribution is 2.20. The van der Waals surface area contributed by atoms with E-state index < -0.39 is 10.8 Å². The monoisotopic (exact) mass is 353 g/mol. The van der Waals surface area contributed by atoms with Gasteiger partial charge in [-0.1, -0.05) is 36.4 Å². The van der Waals surface area contributed by atoms with Crippen molar-refractivity contribution in [3.8, 4) is 0 Å². The van der Waals surface area contributed by atoms with E-state index in [9.17, 15) is 19.7 Å². The van der Waals surface area contributed by atoms with Gasteiger partial charge in [0.15, 0.2) is 0 Å². The van der Waals surface area contributed by atoms with Crippen LogP contribution in [0.1, 0.15) is 34.8 Å². The Balaban J connectivity index is 1.80. The largest absolute Gasteiger partial charge is 0.343 e. The normalized spacial score (nSPS) is 14.9. The van der Waals surface area contributed by atoms with Crippen molar-refractivity contribution in [2.45, 2.75) is 18.9 Å². The van der Waals surface area contributed by atoms with Crippen LogP contribution in [0.15, 0.2) is 54.6 Å². The summed E-state index contributed by atoms with van der Waals surface area (Å²) in [5.41, 5.74) is 0.961. The number of likely N-dealkylation sites (tertiary alicyclic amines) is 1. The lowest BCUT2D eigenvalue weighted by Crippen LogP contribution is -2.38. The van der Waals surface area contributed by atoms with Crippen LogP contribution in [0, 0.1) is 10.1 Å². The Kier molecular flexibility index (Phi) is 5.26. The van der Waals surface area contributed by atoms with Gasteiger partial charge in [0.2, 0.25) is 5.91 Å². The summed E-state index contributed by atoms with van der Waals surface area (Å²) in [7, 11) is 0. The van der Waals surface area contributed by atoms with Crippen molar-refractivity contribution in [2.75, 3.05) is 13.1 Å². The molecule has 2 amide bonds. The first kappa shape index (κ1) is 17.6. The number of nitrogens with zero attached hydrogens (tertiary/aromatic N) is 2. The lowest BCUT2D eigenvalue weighted by Gasteiger charge is -2.25. The number of nitro groups is 1. The number of hydrogen-bond donors (Lipinski definition) is 1. The molecule has 0 aromatic heterocycles. The molecule has 0 radical (unpaired) electrons. The summed E-state index contributed by atoms with van der Waals surface area (Å²) in [5, 5.41) is 13.8. The van der Waals surface area contributed by atoms with Crippen LogP contribution in [0.2, 0.25) is 0 Å². The van der Waals surface area contributed by atoms with Gasteiger partial charge in [-0.25, -0.2) is 0 Å². The Morgan fingerprint density at radius 3 is 2.62 bits per heavy atom. The molecule has 0 aliphatic carbocycles. The maximum absolute atomic E-state index is 12.6. The van der Waals surface area contributed by atoms with E-state index >= 15 is 0 Å². The van der Waals surface area contributed by atoms with Crippen LogP contribution in [-0.2, 0) is 4.79 Å². The number of hydrogen-bond acceptors (Lipinski definition) is 4. The minimum Gasteiger partial charge on any atom is -0.343 e. The predicted molar refractivity (Wildman–Crippen MR) is 95.6 cm³/mol. The lowest BCUT2D eigenvalue weighted by molar-refractivity contribution is -0.384. The number of carbonyl (C=O) groups excluding carboxylic acids is 2. The molecule has 3 rings (SSSR count). The van der Waals surface area contributed by atoms with Crippen molar-refractivity contribution in [3.05, 3.63) is 75.8 Å². The van der Waals surface area contributed by atoms with Gasteiger partial charge in [-0.2, -0.15) is 0 Å². The molecule has 2 aromatic carbocycles. The Hall–Kier alpha value is -3.22. The lowest BCUT2D eigenvalue weighted by atomic mass is 10.1. The molecule has 2 aromatic rings. The van der Waals surface area contributed by atoms with Crippen LogP contribution in [0.3, 0.4) is 0 Å². The van der Waals surface area contributed by atoms with Crippen molar-refractivity contribution < 1.29 is 14.5 Å². The second kappa shape index (κ2) is 7.77. The molecule has 1 atom stereocenters. The number of non-ortho nitro benzene ring substituents is 1. The fourth-order valence-corrected chi connectivity index (χ4v) is 3.04. The van der Waals surface area contributed by atoms with Gasteiger partial charge >= 0.3 is 0 Å². The summed E-state index contributed by atoms with van der Waals surface area (Å²) >= 11 is 0. The summed E-state index contributed by atoms with van der Waals surface area (Å²) in [6.07, 6.45) is 1.35. The minimum absolute atomic E-state index is 0.0792. The molecule has 0 unspecified atom stereocenters. The molecule has 1 aliphatic heterocycles. The number of benzene rings is 2. The number of nitrogens with one attached hydrogen (secondary N) is 1. The van der Waals surface area contributed by atoms with Gasteiger partial charge in [0, 0.05) is 37.2 Å². The number of rotatable bonds is 6. The van der Waals surface area contributed by atoms with Crippen molar-refractivity contribution in [3.63, 3.8) is 0 Å². The van der Waals surface area contributed by atoms with Gasteiger partial charge in [0.1, 0.15) is 0 Å². The fourth-order valence-electron chi connectivity index (χ4n) is 3.04.